The van der Waals surface area contributed by atoms with E-state index in [1.54, 1.807) is 54.6 Å². The molecular formula is C25H21FN2O3. The quantitative estimate of drug-likeness (QED) is 0.550. The fourth-order valence-electron chi connectivity index (χ4n) is 3.37. The van der Waals surface area contributed by atoms with Crippen LogP contribution in [0.3, 0.4) is 0 Å². The summed E-state index contributed by atoms with van der Waals surface area (Å²) in [6.07, 6.45) is 0.883. The van der Waals surface area contributed by atoms with Crippen molar-refractivity contribution in [3.8, 4) is 5.75 Å². The van der Waals surface area contributed by atoms with Gasteiger partial charge in [-0.3, -0.25) is 9.59 Å². The van der Waals surface area contributed by atoms with Crippen LogP contribution in [0.1, 0.15) is 18.9 Å². The summed E-state index contributed by atoms with van der Waals surface area (Å²) < 4.78 is 19.3. The first kappa shape index (κ1) is 20.3. The second kappa shape index (κ2) is 8.83. The highest BCUT2D eigenvalue weighted by molar-refractivity contribution is 6.46. The molecule has 0 radical (unpaired) electrons. The van der Waals surface area contributed by atoms with Crippen LogP contribution in [0.5, 0.6) is 5.75 Å². The molecule has 1 aliphatic rings. The molecular weight excluding hydrogens is 395 g/mol. The first-order chi connectivity index (χ1) is 15.1. The molecule has 0 atom stereocenters. The van der Waals surface area contributed by atoms with Gasteiger partial charge >= 0.3 is 0 Å². The number of hydrogen-bond donors (Lipinski definition) is 1. The molecule has 2 amide bonds. The minimum atomic E-state index is -0.498. The number of amides is 2. The van der Waals surface area contributed by atoms with Gasteiger partial charge in [0.15, 0.2) is 0 Å². The molecule has 1 aliphatic heterocycles. The highest BCUT2D eigenvalue weighted by Gasteiger charge is 2.40. The Morgan fingerprint density at radius 2 is 1.65 bits per heavy atom. The average Bonchev–Trinajstić information content (AvgIpc) is 3.02. The number of nitrogens with zero attached hydrogens (tertiary/aromatic N) is 1. The van der Waals surface area contributed by atoms with E-state index in [0.29, 0.717) is 29.3 Å². The standard InChI is InChI=1S/C25H21FN2O3/c1-2-15-31-21-13-11-17(12-14-21)22-23(27-19-8-6-7-18(26)16-19)25(30)28(24(22)29)20-9-4-3-5-10-20/h3-14,16,27H,2,15H2,1H3. The predicted octanol–water partition coefficient (Wildman–Crippen LogP) is 5.01. The third kappa shape index (κ3) is 4.19. The molecule has 1 heterocycles. The second-order valence-corrected chi connectivity index (χ2v) is 7.04. The van der Waals surface area contributed by atoms with Crippen molar-refractivity contribution in [3.05, 3.63) is 95.9 Å². The van der Waals surface area contributed by atoms with Gasteiger partial charge in [-0.1, -0.05) is 43.3 Å². The van der Waals surface area contributed by atoms with Gasteiger partial charge in [0.1, 0.15) is 17.3 Å². The smallest absolute Gasteiger partial charge is 0.282 e. The minimum absolute atomic E-state index is 0.0988. The Kier molecular flexibility index (Phi) is 5.80. The Bertz CT molecular complexity index is 1140. The predicted molar refractivity (Wildman–Crippen MR) is 118 cm³/mol. The highest BCUT2D eigenvalue weighted by atomic mass is 19.1. The minimum Gasteiger partial charge on any atom is -0.494 e. The van der Waals surface area contributed by atoms with Crippen LogP contribution in [-0.4, -0.2) is 18.4 Å². The van der Waals surface area contributed by atoms with E-state index < -0.39 is 17.6 Å². The van der Waals surface area contributed by atoms with Gasteiger partial charge in [-0.15, -0.1) is 0 Å². The van der Waals surface area contributed by atoms with Crippen molar-refractivity contribution in [1.29, 1.82) is 0 Å². The zero-order valence-electron chi connectivity index (χ0n) is 17.0. The number of ether oxygens (including phenoxy) is 1. The highest BCUT2D eigenvalue weighted by Crippen LogP contribution is 2.34. The maximum Gasteiger partial charge on any atom is 0.282 e. The van der Waals surface area contributed by atoms with Crippen molar-refractivity contribution in [3.63, 3.8) is 0 Å². The number of carbonyl (C=O) groups is 2. The molecule has 1 N–H and O–H groups in total. The van der Waals surface area contributed by atoms with E-state index in [-0.39, 0.29) is 11.3 Å². The molecule has 4 rings (SSSR count). The summed E-state index contributed by atoms with van der Waals surface area (Å²) >= 11 is 0. The third-order valence-corrected chi connectivity index (χ3v) is 4.81. The normalized spacial score (nSPS) is 13.7. The van der Waals surface area contributed by atoms with Crippen molar-refractivity contribution in [1.82, 2.24) is 0 Å². The average molecular weight is 416 g/mol. The molecule has 0 saturated carbocycles. The van der Waals surface area contributed by atoms with Gasteiger partial charge in [-0.05, 0) is 54.4 Å². The van der Waals surface area contributed by atoms with Gasteiger partial charge in [-0.25, -0.2) is 9.29 Å². The van der Waals surface area contributed by atoms with Crippen molar-refractivity contribution in [2.45, 2.75) is 13.3 Å². The number of imide groups is 1. The summed E-state index contributed by atoms with van der Waals surface area (Å²) in [7, 11) is 0. The van der Waals surface area contributed by atoms with Gasteiger partial charge in [0, 0.05) is 5.69 Å². The summed E-state index contributed by atoms with van der Waals surface area (Å²) in [6, 6.07) is 21.5. The molecule has 6 heteroatoms. The van der Waals surface area contributed by atoms with Gasteiger partial charge in [0.2, 0.25) is 0 Å². The van der Waals surface area contributed by atoms with Crippen LogP contribution in [0.25, 0.3) is 5.57 Å². The molecule has 31 heavy (non-hydrogen) atoms. The zero-order chi connectivity index (χ0) is 21.8. The lowest BCUT2D eigenvalue weighted by Gasteiger charge is -2.15. The van der Waals surface area contributed by atoms with Crippen LogP contribution in [0.4, 0.5) is 15.8 Å². The van der Waals surface area contributed by atoms with Crippen LogP contribution >= 0.6 is 0 Å². The number of halogens is 1. The third-order valence-electron chi connectivity index (χ3n) is 4.81. The topological polar surface area (TPSA) is 58.6 Å². The van der Waals surface area contributed by atoms with Crippen molar-refractivity contribution >= 4 is 28.8 Å². The number of benzene rings is 3. The van der Waals surface area contributed by atoms with Crippen molar-refractivity contribution < 1.29 is 18.7 Å². The van der Waals surface area contributed by atoms with E-state index in [4.69, 9.17) is 4.74 Å². The molecule has 0 saturated heterocycles. The molecule has 0 bridgehead atoms. The van der Waals surface area contributed by atoms with Gasteiger partial charge < -0.3 is 10.1 Å². The van der Waals surface area contributed by atoms with E-state index in [9.17, 15) is 14.0 Å². The van der Waals surface area contributed by atoms with Crippen LogP contribution in [0.15, 0.2) is 84.6 Å². The molecule has 0 aliphatic carbocycles. The number of para-hydroxylation sites is 1. The van der Waals surface area contributed by atoms with E-state index in [0.717, 1.165) is 11.3 Å². The Hall–Kier alpha value is -3.93. The molecule has 156 valence electrons. The number of carbonyl (C=O) groups excluding carboxylic acids is 2. The molecule has 0 aromatic heterocycles. The molecule has 5 nitrogen and oxygen atoms in total. The fraction of sp³-hybridized carbons (Fsp3) is 0.120. The Morgan fingerprint density at radius 3 is 2.32 bits per heavy atom. The van der Waals surface area contributed by atoms with E-state index >= 15 is 0 Å². The second-order valence-electron chi connectivity index (χ2n) is 7.04. The van der Waals surface area contributed by atoms with E-state index in [1.807, 2.05) is 13.0 Å². The zero-order valence-corrected chi connectivity index (χ0v) is 17.0. The lowest BCUT2D eigenvalue weighted by atomic mass is 10.0. The Balaban J connectivity index is 1.76. The number of hydrogen-bond acceptors (Lipinski definition) is 4. The fourth-order valence-corrected chi connectivity index (χ4v) is 3.37. The SMILES string of the molecule is CCCOc1ccc(C2=C(Nc3cccc(F)c3)C(=O)N(c3ccccc3)C2=O)cc1. The number of anilines is 2. The van der Waals surface area contributed by atoms with Crippen LogP contribution in [-0.2, 0) is 9.59 Å². The number of nitrogens with one attached hydrogen (secondary N) is 1. The van der Waals surface area contributed by atoms with Crippen LogP contribution < -0.4 is 15.0 Å². The summed E-state index contributed by atoms with van der Waals surface area (Å²) in [5, 5.41) is 2.96. The lowest BCUT2D eigenvalue weighted by molar-refractivity contribution is -0.120. The summed E-state index contributed by atoms with van der Waals surface area (Å²) in [4.78, 5) is 27.7. The summed E-state index contributed by atoms with van der Waals surface area (Å²) in [5.41, 5.74) is 1.74. The maximum atomic E-state index is 13.7. The molecule has 3 aromatic rings. The van der Waals surface area contributed by atoms with Crippen LogP contribution in [0.2, 0.25) is 0 Å². The van der Waals surface area contributed by atoms with Crippen molar-refractivity contribution in [2.75, 3.05) is 16.8 Å². The van der Waals surface area contributed by atoms with Gasteiger partial charge in [0.05, 0.1) is 17.9 Å². The molecule has 0 spiro atoms. The lowest BCUT2D eigenvalue weighted by Crippen LogP contribution is -2.32. The molecule has 0 fully saturated rings. The Morgan fingerprint density at radius 1 is 0.903 bits per heavy atom. The van der Waals surface area contributed by atoms with E-state index in [1.165, 1.54) is 18.2 Å². The first-order valence-corrected chi connectivity index (χ1v) is 10.0. The molecule has 0 unspecified atom stereocenters. The van der Waals surface area contributed by atoms with Crippen molar-refractivity contribution in [2.24, 2.45) is 0 Å². The largest absolute Gasteiger partial charge is 0.494 e. The van der Waals surface area contributed by atoms with Crippen LogP contribution in [0, 0.1) is 5.82 Å². The monoisotopic (exact) mass is 416 g/mol. The first-order valence-electron chi connectivity index (χ1n) is 10.0. The van der Waals surface area contributed by atoms with E-state index in [2.05, 4.69) is 5.32 Å². The molecule has 3 aromatic carbocycles. The van der Waals surface area contributed by atoms with Gasteiger partial charge in [-0.2, -0.15) is 0 Å². The van der Waals surface area contributed by atoms with Gasteiger partial charge in [0.25, 0.3) is 11.8 Å². The summed E-state index contributed by atoms with van der Waals surface area (Å²) in [5.74, 6) is -0.706. The summed E-state index contributed by atoms with van der Waals surface area (Å²) in [6.45, 7) is 2.61. The maximum absolute atomic E-state index is 13.7. The Labute approximate surface area is 179 Å². The number of rotatable bonds is 7.